The molecule has 2 unspecified atom stereocenters. The van der Waals surface area contributed by atoms with Gasteiger partial charge in [-0.05, 0) is 42.3 Å². The molecular weight excluding hydrogens is 346 g/mol. The van der Waals surface area contributed by atoms with E-state index in [1.807, 2.05) is 0 Å². The topological polar surface area (TPSA) is 49.4 Å². The number of anilines is 1. The third-order valence-corrected chi connectivity index (χ3v) is 4.39. The zero-order chi connectivity index (χ0) is 15.9. The predicted molar refractivity (Wildman–Crippen MR) is 77.8 cm³/mol. The van der Waals surface area contributed by atoms with E-state index in [1.54, 1.807) is 13.8 Å². The minimum absolute atomic E-state index is 0.0911. The fourth-order valence-corrected chi connectivity index (χ4v) is 2.89. The first-order valence-corrected chi connectivity index (χ1v) is 7.30. The molecule has 2 atom stereocenters. The van der Waals surface area contributed by atoms with E-state index in [0.717, 1.165) is 11.0 Å². The molecule has 1 aliphatic heterocycles. The second kappa shape index (κ2) is 5.36. The molecule has 1 aromatic carbocycles. The van der Waals surface area contributed by atoms with Crippen molar-refractivity contribution >= 4 is 33.4 Å². The van der Waals surface area contributed by atoms with E-state index in [-0.39, 0.29) is 16.1 Å². The molecule has 114 valence electrons. The number of hydrogen-bond acceptors (Lipinski definition) is 2. The van der Waals surface area contributed by atoms with Crippen molar-refractivity contribution in [3.8, 4) is 0 Å². The Kier molecular flexibility index (Phi) is 4.06. The van der Waals surface area contributed by atoms with Gasteiger partial charge in [0.05, 0.1) is 5.69 Å². The van der Waals surface area contributed by atoms with Crippen LogP contribution in [0.4, 0.5) is 14.5 Å². The van der Waals surface area contributed by atoms with Gasteiger partial charge >= 0.3 is 0 Å². The number of carbonyl (C=O) groups excluding carboxylic acids is 2. The van der Waals surface area contributed by atoms with Gasteiger partial charge in [0.25, 0.3) is 5.91 Å². The fourth-order valence-electron chi connectivity index (χ4n) is 2.29. The number of rotatable bonds is 2. The second-order valence-corrected chi connectivity index (χ2v) is 6.10. The maximum atomic E-state index is 14.1. The lowest BCUT2D eigenvalue weighted by Crippen LogP contribution is -2.68. The quantitative estimate of drug-likeness (QED) is 0.881. The van der Waals surface area contributed by atoms with Crippen LogP contribution in [0.2, 0.25) is 0 Å². The molecule has 1 aliphatic rings. The molecule has 1 N–H and O–H groups in total. The number of amides is 2. The summed E-state index contributed by atoms with van der Waals surface area (Å²) in [5.41, 5.74) is -1.23. The Morgan fingerprint density at radius 2 is 2.00 bits per heavy atom. The Hall–Kier alpha value is -1.50. The van der Waals surface area contributed by atoms with E-state index >= 15 is 0 Å². The van der Waals surface area contributed by atoms with Gasteiger partial charge in [-0.3, -0.25) is 14.5 Å². The van der Waals surface area contributed by atoms with Crippen molar-refractivity contribution in [1.82, 2.24) is 5.32 Å². The number of carbonyl (C=O) groups is 2. The molecule has 0 saturated carbocycles. The van der Waals surface area contributed by atoms with Gasteiger partial charge in [0, 0.05) is 10.5 Å². The van der Waals surface area contributed by atoms with E-state index in [2.05, 4.69) is 21.2 Å². The predicted octanol–water partition coefficient (Wildman–Crippen LogP) is 2.75. The second-order valence-electron chi connectivity index (χ2n) is 5.24. The van der Waals surface area contributed by atoms with Gasteiger partial charge in [-0.2, -0.15) is 0 Å². The van der Waals surface area contributed by atoms with E-state index in [9.17, 15) is 18.4 Å². The minimum Gasteiger partial charge on any atom is -0.340 e. The van der Waals surface area contributed by atoms with Gasteiger partial charge in [-0.15, -0.1) is 0 Å². The third-order valence-electron chi connectivity index (χ3n) is 3.79. The highest BCUT2D eigenvalue weighted by molar-refractivity contribution is 9.10. The maximum Gasteiger partial charge on any atom is 0.253 e. The Bertz CT molecular complexity index is 600. The first-order chi connectivity index (χ1) is 9.71. The molecule has 21 heavy (non-hydrogen) atoms. The lowest BCUT2D eigenvalue weighted by Gasteiger charge is -2.43. The van der Waals surface area contributed by atoms with Crippen molar-refractivity contribution in [3.05, 3.63) is 28.2 Å². The lowest BCUT2D eigenvalue weighted by molar-refractivity contribution is -0.137. The van der Waals surface area contributed by atoms with Crippen LogP contribution in [-0.2, 0) is 9.59 Å². The van der Waals surface area contributed by atoms with Crippen LogP contribution in [0.15, 0.2) is 16.6 Å². The van der Waals surface area contributed by atoms with Crippen molar-refractivity contribution in [3.63, 3.8) is 0 Å². The zero-order valence-corrected chi connectivity index (χ0v) is 13.4. The smallest absolute Gasteiger partial charge is 0.253 e. The Morgan fingerprint density at radius 3 is 2.52 bits per heavy atom. The molecule has 0 bridgehead atoms. The summed E-state index contributed by atoms with van der Waals surface area (Å²) in [6, 6.07) is 0.873. The van der Waals surface area contributed by atoms with Gasteiger partial charge in [-0.1, -0.05) is 6.92 Å². The number of nitrogens with one attached hydrogen (secondary N) is 1. The molecule has 1 heterocycles. The molecule has 1 saturated heterocycles. The summed E-state index contributed by atoms with van der Waals surface area (Å²) in [5.74, 6) is -2.46. The number of halogens is 3. The van der Waals surface area contributed by atoms with Crippen molar-refractivity contribution in [2.75, 3.05) is 4.90 Å². The first kappa shape index (κ1) is 15.9. The maximum absolute atomic E-state index is 14.1. The number of benzene rings is 1. The summed E-state index contributed by atoms with van der Waals surface area (Å²) >= 11 is 3.06. The van der Waals surface area contributed by atoms with Crippen LogP contribution in [0.1, 0.15) is 27.2 Å². The Morgan fingerprint density at radius 1 is 1.38 bits per heavy atom. The third kappa shape index (κ3) is 2.54. The molecule has 0 aliphatic carbocycles. The van der Waals surface area contributed by atoms with E-state index in [0.29, 0.717) is 12.5 Å². The van der Waals surface area contributed by atoms with E-state index < -0.39 is 29.1 Å². The van der Waals surface area contributed by atoms with Crippen LogP contribution in [0.5, 0.6) is 0 Å². The van der Waals surface area contributed by atoms with E-state index in [4.69, 9.17) is 0 Å². The SMILES string of the molecule is CCC1(C)NC(=O)C(C)N(c2c(F)cc(F)cc2Br)C1=O. The number of piperazine rings is 1. The van der Waals surface area contributed by atoms with Crippen molar-refractivity contribution in [1.29, 1.82) is 0 Å². The van der Waals surface area contributed by atoms with Crippen LogP contribution in [0.3, 0.4) is 0 Å². The average molecular weight is 361 g/mol. The average Bonchev–Trinajstić information content (AvgIpc) is 2.39. The van der Waals surface area contributed by atoms with Gasteiger partial charge in [0.2, 0.25) is 5.91 Å². The molecule has 0 spiro atoms. The zero-order valence-electron chi connectivity index (χ0n) is 11.8. The molecule has 2 amide bonds. The summed E-state index contributed by atoms with van der Waals surface area (Å²) in [6.07, 6.45) is 0.362. The van der Waals surface area contributed by atoms with Gasteiger partial charge < -0.3 is 5.32 Å². The molecule has 7 heteroatoms. The molecule has 0 radical (unpaired) electrons. The molecular formula is C14H15BrF2N2O2. The number of hydrogen-bond donors (Lipinski definition) is 1. The van der Waals surface area contributed by atoms with Gasteiger partial charge in [0.15, 0.2) is 5.82 Å². The number of nitrogens with zero attached hydrogens (tertiary/aromatic N) is 1. The largest absolute Gasteiger partial charge is 0.340 e. The summed E-state index contributed by atoms with van der Waals surface area (Å²) in [5, 5.41) is 2.65. The van der Waals surface area contributed by atoms with Crippen LogP contribution in [0.25, 0.3) is 0 Å². The van der Waals surface area contributed by atoms with Gasteiger partial charge in [0.1, 0.15) is 17.4 Å². The standard InChI is InChI=1S/C14H15BrF2N2O2/c1-4-14(3)13(21)19(7(2)12(20)18-14)11-9(15)5-8(16)6-10(11)17/h5-7H,4H2,1-3H3,(H,18,20). The molecule has 1 fully saturated rings. The Balaban J connectivity index is 2.60. The normalized spacial score (nSPS) is 26.0. The van der Waals surface area contributed by atoms with Crippen LogP contribution in [-0.4, -0.2) is 23.4 Å². The van der Waals surface area contributed by atoms with Gasteiger partial charge in [-0.25, -0.2) is 8.78 Å². The van der Waals surface area contributed by atoms with Crippen LogP contribution in [0, 0.1) is 11.6 Å². The van der Waals surface area contributed by atoms with Crippen molar-refractivity contribution in [2.45, 2.75) is 38.8 Å². The van der Waals surface area contributed by atoms with Crippen molar-refractivity contribution < 1.29 is 18.4 Å². The lowest BCUT2D eigenvalue weighted by atomic mass is 9.91. The monoisotopic (exact) mass is 360 g/mol. The summed E-state index contributed by atoms with van der Waals surface area (Å²) in [7, 11) is 0. The highest BCUT2D eigenvalue weighted by Gasteiger charge is 2.47. The summed E-state index contributed by atoms with van der Waals surface area (Å²) in [4.78, 5) is 25.8. The molecule has 0 aromatic heterocycles. The van der Waals surface area contributed by atoms with E-state index in [1.165, 1.54) is 6.92 Å². The van der Waals surface area contributed by atoms with Crippen molar-refractivity contribution in [2.24, 2.45) is 0 Å². The summed E-state index contributed by atoms with van der Waals surface area (Å²) in [6.45, 7) is 4.83. The molecule has 1 aromatic rings. The highest BCUT2D eigenvalue weighted by Crippen LogP contribution is 2.35. The first-order valence-electron chi connectivity index (χ1n) is 6.51. The molecule has 4 nitrogen and oxygen atoms in total. The minimum atomic E-state index is -1.11. The van der Waals surface area contributed by atoms with Crippen LogP contribution >= 0.6 is 15.9 Å². The Labute approximate surface area is 129 Å². The fraction of sp³-hybridized carbons (Fsp3) is 0.429. The van der Waals surface area contributed by atoms with Crippen LogP contribution < -0.4 is 10.2 Å². The summed E-state index contributed by atoms with van der Waals surface area (Å²) < 4.78 is 27.4. The molecule has 2 rings (SSSR count). The highest BCUT2D eigenvalue weighted by atomic mass is 79.9.